The number of amides is 2. The molecule has 1 spiro atoms. The van der Waals surface area contributed by atoms with E-state index < -0.39 is 11.8 Å². The number of benzene rings is 1. The summed E-state index contributed by atoms with van der Waals surface area (Å²) in [6, 6.07) is 4.14. The zero-order valence-corrected chi connectivity index (χ0v) is 17.8. The van der Waals surface area contributed by atoms with Crippen LogP contribution in [0, 0.1) is 0 Å². The van der Waals surface area contributed by atoms with Crippen LogP contribution in [0.2, 0.25) is 10.0 Å². The van der Waals surface area contributed by atoms with Gasteiger partial charge in [-0.2, -0.15) is 0 Å². The van der Waals surface area contributed by atoms with Crippen molar-refractivity contribution >= 4 is 35.0 Å². The molecule has 1 saturated carbocycles. The SMILES string of the molecule is O=C(NC[C@H]1CCCO1)[C@@H]1COC2(CCCCC2)N1C(=O)c1ccc(Cl)c(Cl)c1. The highest BCUT2D eigenvalue weighted by Gasteiger charge is 2.53. The maximum atomic E-state index is 13.5. The number of nitrogens with zero attached hydrogens (tertiary/aromatic N) is 1. The lowest BCUT2D eigenvalue weighted by Gasteiger charge is -2.41. The van der Waals surface area contributed by atoms with Crippen molar-refractivity contribution in [3.8, 4) is 0 Å². The molecule has 3 fully saturated rings. The molecule has 1 aromatic rings. The van der Waals surface area contributed by atoms with E-state index >= 15 is 0 Å². The van der Waals surface area contributed by atoms with Crippen LogP contribution in [-0.2, 0) is 14.3 Å². The van der Waals surface area contributed by atoms with E-state index in [1.54, 1.807) is 23.1 Å². The molecule has 2 heterocycles. The Labute approximate surface area is 180 Å². The van der Waals surface area contributed by atoms with Gasteiger partial charge >= 0.3 is 0 Å². The number of carbonyl (C=O) groups is 2. The maximum Gasteiger partial charge on any atom is 0.256 e. The molecule has 29 heavy (non-hydrogen) atoms. The summed E-state index contributed by atoms with van der Waals surface area (Å²) in [5, 5.41) is 3.66. The molecule has 8 heteroatoms. The lowest BCUT2D eigenvalue weighted by molar-refractivity contribution is -0.127. The molecule has 1 aromatic carbocycles. The number of hydrogen-bond acceptors (Lipinski definition) is 4. The molecule has 1 N–H and O–H groups in total. The van der Waals surface area contributed by atoms with Crippen LogP contribution in [0.4, 0.5) is 0 Å². The molecule has 2 atom stereocenters. The van der Waals surface area contributed by atoms with E-state index in [1.807, 2.05) is 0 Å². The number of rotatable bonds is 4. The van der Waals surface area contributed by atoms with Crippen LogP contribution in [0.15, 0.2) is 18.2 Å². The Morgan fingerprint density at radius 2 is 1.93 bits per heavy atom. The largest absolute Gasteiger partial charge is 0.376 e. The second-order valence-electron chi connectivity index (χ2n) is 8.02. The van der Waals surface area contributed by atoms with Crippen LogP contribution in [0.1, 0.15) is 55.3 Å². The summed E-state index contributed by atoms with van der Waals surface area (Å²) in [5.74, 6) is -0.448. The van der Waals surface area contributed by atoms with Crippen molar-refractivity contribution in [3.63, 3.8) is 0 Å². The van der Waals surface area contributed by atoms with Crippen molar-refractivity contribution in [3.05, 3.63) is 33.8 Å². The second-order valence-corrected chi connectivity index (χ2v) is 8.83. The summed E-state index contributed by atoms with van der Waals surface area (Å²) in [7, 11) is 0. The fourth-order valence-electron chi connectivity index (χ4n) is 4.58. The number of hydrogen-bond donors (Lipinski definition) is 1. The fraction of sp³-hybridized carbons (Fsp3) is 0.619. The highest BCUT2D eigenvalue weighted by Crippen LogP contribution is 2.41. The summed E-state index contributed by atoms with van der Waals surface area (Å²) < 4.78 is 11.7. The Morgan fingerprint density at radius 3 is 2.62 bits per heavy atom. The van der Waals surface area contributed by atoms with Crippen molar-refractivity contribution < 1.29 is 19.1 Å². The third kappa shape index (κ3) is 4.26. The predicted molar refractivity (Wildman–Crippen MR) is 110 cm³/mol. The van der Waals surface area contributed by atoms with Gasteiger partial charge in [-0.1, -0.05) is 29.6 Å². The highest BCUT2D eigenvalue weighted by atomic mass is 35.5. The van der Waals surface area contributed by atoms with E-state index in [2.05, 4.69) is 5.32 Å². The third-order valence-corrected chi connectivity index (χ3v) is 6.85. The molecule has 0 radical (unpaired) electrons. The average Bonchev–Trinajstić information content (AvgIpc) is 3.37. The summed E-state index contributed by atoms with van der Waals surface area (Å²) >= 11 is 12.1. The smallest absolute Gasteiger partial charge is 0.256 e. The van der Waals surface area contributed by atoms with Crippen LogP contribution < -0.4 is 5.32 Å². The van der Waals surface area contributed by atoms with E-state index in [9.17, 15) is 9.59 Å². The monoisotopic (exact) mass is 440 g/mol. The number of ether oxygens (including phenoxy) is 2. The molecule has 4 rings (SSSR count). The van der Waals surface area contributed by atoms with Crippen molar-refractivity contribution in [1.29, 1.82) is 0 Å². The van der Waals surface area contributed by atoms with Gasteiger partial charge in [0.25, 0.3) is 5.91 Å². The first-order valence-electron chi connectivity index (χ1n) is 10.3. The Bertz CT molecular complexity index is 776. The van der Waals surface area contributed by atoms with Crippen LogP contribution in [0.3, 0.4) is 0 Å². The predicted octanol–water partition coefficient (Wildman–Crippen LogP) is 3.79. The molecule has 3 aliphatic rings. The third-order valence-electron chi connectivity index (χ3n) is 6.11. The molecule has 0 aromatic heterocycles. The van der Waals surface area contributed by atoms with Gasteiger partial charge in [-0.15, -0.1) is 0 Å². The van der Waals surface area contributed by atoms with Gasteiger partial charge in [-0.05, 0) is 56.7 Å². The minimum Gasteiger partial charge on any atom is -0.376 e. The van der Waals surface area contributed by atoms with Gasteiger partial charge in [-0.3, -0.25) is 14.5 Å². The first-order chi connectivity index (χ1) is 14.0. The maximum absolute atomic E-state index is 13.5. The van der Waals surface area contributed by atoms with E-state index in [-0.39, 0.29) is 24.5 Å². The minimum atomic E-state index is -0.729. The van der Waals surface area contributed by atoms with Crippen molar-refractivity contribution in [2.24, 2.45) is 0 Å². The van der Waals surface area contributed by atoms with Gasteiger partial charge in [0.1, 0.15) is 11.8 Å². The standard InChI is InChI=1S/C21H26Cl2N2O4/c22-16-7-6-14(11-17(16)23)20(27)25-18(13-29-21(25)8-2-1-3-9-21)19(26)24-12-15-5-4-10-28-15/h6-7,11,15,18H,1-5,8-10,12-13H2,(H,24,26)/t15-,18+/m1/s1. The summed E-state index contributed by atoms with van der Waals surface area (Å²) in [4.78, 5) is 28.2. The lowest BCUT2D eigenvalue weighted by atomic mass is 9.89. The minimum absolute atomic E-state index is 0.0455. The fourth-order valence-corrected chi connectivity index (χ4v) is 4.88. The molecule has 2 aliphatic heterocycles. The number of nitrogens with one attached hydrogen (secondary N) is 1. The molecular formula is C21H26Cl2N2O4. The molecule has 2 saturated heterocycles. The zero-order valence-electron chi connectivity index (χ0n) is 16.3. The Hall–Kier alpha value is -1.34. The Balaban J connectivity index is 1.57. The molecule has 158 valence electrons. The van der Waals surface area contributed by atoms with E-state index in [4.69, 9.17) is 32.7 Å². The van der Waals surface area contributed by atoms with Crippen molar-refractivity contribution in [2.75, 3.05) is 19.8 Å². The van der Waals surface area contributed by atoms with Crippen molar-refractivity contribution in [1.82, 2.24) is 10.2 Å². The first kappa shape index (κ1) is 20.9. The molecule has 6 nitrogen and oxygen atoms in total. The zero-order chi connectivity index (χ0) is 20.4. The Kier molecular flexibility index (Phi) is 6.35. The Morgan fingerprint density at radius 1 is 1.14 bits per heavy atom. The average molecular weight is 441 g/mol. The van der Waals surface area contributed by atoms with Gasteiger partial charge in [0.2, 0.25) is 5.91 Å². The van der Waals surface area contributed by atoms with Gasteiger partial charge in [-0.25, -0.2) is 0 Å². The van der Waals surface area contributed by atoms with Crippen LogP contribution in [0.25, 0.3) is 0 Å². The van der Waals surface area contributed by atoms with Gasteiger partial charge in [0.05, 0.1) is 22.8 Å². The second kappa shape index (κ2) is 8.80. The first-order valence-corrected chi connectivity index (χ1v) is 11.1. The summed E-state index contributed by atoms with van der Waals surface area (Å²) in [5.41, 5.74) is -0.320. The van der Waals surface area contributed by atoms with Crippen LogP contribution in [-0.4, -0.2) is 54.3 Å². The van der Waals surface area contributed by atoms with Gasteiger partial charge in [0.15, 0.2) is 0 Å². The number of carbonyl (C=O) groups excluding carboxylic acids is 2. The molecular weight excluding hydrogens is 415 g/mol. The van der Waals surface area contributed by atoms with Gasteiger partial charge in [0, 0.05) is 18.7 Å². The highest BCUT2D eigenvalue weighted by molar-refractivity contribution is 6.42. The van der Waals surface area contributed by atoms with Crippen LogP contribution >= 0.6 is 23.2 Å². The van der Waals surface area contributed by atoms with E-state index in [0.717, 1.165) is 51.6 Å². The summed E-state index contributed by atoms with van der Waals surface area (Å²) in [6.07, 6.45) is 6.51. The molecule has 1 aliphatic carbocycles. The normalized spacial score (nSPS) is 26.1. The van der Waals surface area contributed by atoms with E-state index in [1.165, 1.54) is 0 Å². The summed E-state index contributed by atoms with van der Waals surface area (Å²) in [6.45, 7) is 1.39. The molecule has 0 unspecified atom stereocenters. The van der Waals surface area contributed by atoms with Crippen LogP contribution in [0.5, 0.6) is 0 Å². The molecule has 0 bridgehead atoms. The lowest BCUT2D eigenvalue weighted by Crippen LogP contribution is -2.56. The van der Waals surface area contributed by atoms with Gasteiger partial charge < -0.3 is 14.8 Å². The van der Waals surface area contributed by atoms with Crippen molar-refractivity contribution in [2.45, 2.75) is 62.8 Å². The topological polar surface area (TPSA) is 67.9 Å². The molecule has 2 amide bonds. The quantitative estimate of drug-likeness (QED) is 0.772. The number of halogens is 2. The van der Waals surface area contributed by atoms with E-state index in [0.29, 0.717) is 22.2 Å².